The minimum absolute atomic E-state index is 0.100. The van der Waals surface area contributed by atoms with Crippen LogP contribution in [0.25, 0.3) is 11.2 Å². The number of imidazole rings is 1. The van der Waals surface area contributed by atoms with Crippen molar-refractivity contribution in [3.8, 4) is 0 Å². The standard InChI is InChI=1S/C21H25ClN5O9P/c1-2-34-19(30)20(37(31,32)33)35-9-12-14(28)15(29)18(36-12)27-10-24-13-16(25-21(22)26-17(13)27)23-8-11-6-4-3-5-7-11/h3-7,10,12,14-15,18,20,28-29H,2,8-9H2,1H3,(H,23,25,26)(H2,31,32,33)/t12-,14-,15-,18-,20+/m1/s1. The number of esters is 1. The Morgan fingerprint density at radius 3 is 2.65 bits per heavy atom. The number of carbonyl (C=O) groups is 1. The number of halogens is 1. The van der Waals surface area contributed by atoms with Gasteiger partial charge in [0, 0.05) is 6.54 Å². The third-order valence-electron chi connectivity index (χ3n) is 5.52. The summed E-state index contributed by atoms with van der Waals surface area (Å²) in [6.07, 6.45) is -4.18. The molecule has 2 aromatic heterocycles. The van der Waals surface area contributed by atoms with E-state index in [9.17, 15) is 29.4 Å². The predicted molar refractivity (Wildman–Crippen MR) is 128 cm³/mol. The first-order valence-corrected chi connectivity index (χ1v) is 13.2. The Hall–Kier alpha value is -2.68. The lowest BCUT2D eigenvalue weighted by Gasteiger charge is -2.20. The number of nitrogens with one attached hydrogen (secondary N) is 1. The molecular weight excluding hydrogens is 533 g/mol. The summed E-state index contributed by atoms with van der Waals surface area (Å²) in [5.41, 5.74) is 1.52. The van der Waals surface area contributed by atoms with Crippen LogP contribution in [0.15, 0.2) is 36.7 Å². The minimum atomic E-state index is -5.04. The maximum atomic E-state index is 11.9. The summed E-state index contributed by atoms with van der Waals surface area (Å²) in [5, 5.41) is 24.2. The molecule has 1 fully saturated rings. The monoisotopic (exact) mass is 557 g/mol. The number of anilines is 1. The largest absolute Gasteiger partial charge is 0.464 e. The molecule has 0 spiro atoms. The predicted octanol–water partition coefficient (Wildman–Crippen LogP) is 0.794. The van der Waals surface area contributed by atoms with Crippen molar-refractivity contribution in [1.82, 2.24) is 19.5 Å². The zero-order chi connectivity index (χ0) is 26.7. The first kappa shape index (κ1) is 27.4. The molecule has 5 atom stereocenters. The molecule has 200 valence electrons. The Morgan fingerprint density at radius 1 is 1.24 bits per heavy atom. The molecule has 1 aliphatic rings. The smallest absolute Gasteiger partial charge is 0.365 e. The quantitative estimate of drug-likeness (QED) is 0.133. The average Bonchev–Trinajstić information content (AvgIpc) is 3.38. The lowest BCUT2D eigenvalue weighted by atomic mass is 10.1. The van der Waals surface area contributed by atoms with Crippen molar-refractivity contribution < 1.29 is 43.6 Å². The molecule has 14 nitrogen and oxygen atoms in total. The molecular formula is C21H25ClN5O9P. The van der Waals surface area contributed by atoms with Crippen LogP contribution in [0.3, 0.4) is 0 Å². The second-order valence-corrected chi connectivity index (χ2v) is 10.1. The van der Waals surface area contributed by atoms with Crippen molar-refractivity contribution in [1.29, 1.82) is 0 Å². The molecule has 0 unspecified atom stereocenters. The van der Waals surface area contributed by atoms with E-state index in [1.165, 1.54) is 17.8 Å². The van der Waals surface area contributed by atoms with E-state index in [0.717, 1.165) is 5.56 Å². The summed E-state index contributed by atoms with van der Waals surface area (Å²) in [5.74, 6) is -3.13. The summed E-state index contributed by atoms with van der Waals surface area (Å²) < 4.78 is 28.4. The first-order valence-electron chi connectivity index (χ1n) is 11.1. The topological polar surface area (TPSA) is 198 Å². The number of hydrogen-bond donors (Lipinski definition) is 5. The van der Waals surface area contributed by atoms with Gasteiger partial charge in [-0.15, -0.1) is 0 Å². The lowest BCUT2D eigenvalue weighted by molar-refractivity contribution is -0.155. The molecule has 3 heterocycles. The molecule has 0 radical (unpaired) electrons. The number of benzene rings is 1. The third-order valence-corrected chi connectivity index (χ3v) is 6.66. The van der Waals surface area contributed by atoms with E-state index in [-0.39, 0.29) is 17.5 Å². The summed E-state index contributed by atoms with van der Waals surface area (Å²) in [6, 6.07) is 9.54. The van der Waals surface area contributed by atoms with E-state index in [1.807, 2.05) is 30.3 Å². The minimum Gasteiger partial charge on any atom is -0.464 e. The Bertz CT molecular complexity index is 1290. The lowest BCUT2D eigenvalue weighted by Crippen LogP contribution is -2.36. The number of nitrogens with zero attached hydrogens (tertiary/aromatic N) is 4. The fraction of sp³-hybridized carbons (Fsp3) is 0.429. The van der Waals surface area contributed by atoms with E-state index < -0.39 is 50.6 Å². The highest BCUT2D eigenvalue weighted by Gasteiger charge is 2.46. The van der Waals surface area contributed by atoms with Crippen molar-refractivity contribution in [2.24, 2.45) is 0 Å². The summed E-state index contributed by atoms with van der Waals surface area (Å²) >= 11 is 6.12. The number of hydrogen-bond acceptors (Lipinski definition) is 11. The van der Waals surface area contributed by atoms with Crippen LogP contribution in [0, 0.1) is 0 Å². The van der Waals surface area contributed by atoms with Crippen LogP contribution in [0.1, 0.15) is 18.7 Å². The summed E-state index contributed by atoms with van der Waals surface area (Å²) in [7, 11) is -5.04. The molecule has 1 aromatic carbocycles. The van der Waals surface area contributed by atoms with Gasteiger partial charge in [0.15, 0.2) is 23.2 Å². The Balaban J connectivity index is 1.52. The van der Waals surface area contributed by atoms with Crippen molar-refractivity contribution in [3.63, 3.8) is 0 Å². The van der Waals surface area contributed by atoms with Crippen LogP contribution in [0.5, 0.6) is 0 Å². The van der Waals surface area contributed by atoms with Crippen LogP contribution in [0.2, 0.25) is 5.28 Å². The molecule has 0 bridgehead atoms. The molecule has 1 saturated heterocycles. The number of ether oxygens (including phenoxy) is 3. The van der Waals surface area contributed by atoms with Gasteiger partial charge in [0.25, 0.3) is 5.85 Å². The fourth-order valence-electron chi connectivity index (χ4n) is 3.78. The number of aliphatic hydroxyl groups is 2. The number of aromatic nitrogens is 4. The fourth-order valence-corrected chi connectivity index (χ4v) is 4.57. The van der Waals surface area contributed by atoms with Crippen molar-refractivity contribution in [3.05, 3.63) is 47.5 Å². The summed E-state index contributed by atoms with van der Waals surface area (Å²) in [6.45, 7) is 1.14. The van der Waals surface area contributed by atoms with E-state index in [1.54, 1.807) is 0 Å². The van der Waals surface area contributed by atoms with Crippen molar-refractivity contribution >= 4 is 42.1 Å². The molecule has 1 aliphatic heterocycles. The highest BCUT2D eigenvalue weighted by atomic mass is 35.5. The van der Waals surface area contributed by atoms with Crippen molar-refractivity contribution in [2.45, 2.75) is 43.9 Å². The molecule has 0 saturated carbocycles. The van der Waals surface area contributed by atoms with Crippen LogP contribution < -0.4 is 5.32 Å². The summed E-state index contributed by atoms with van der Waals surface area (Å²) in [4.78, 5) is 43.5. The molecule has 16 heteroatoms. The Labute approximate surface area is 215 Å². The van der Waals surface area contributed by atoms with Crippen LogP contribution in [-0.4, -0.2) is 82.9 Å². The number of aliphatic hydroxyl groups excluding tert-OH is 2. The van der Waals surface area contributed by atoms with Gasteiger partial charge in [-0.2, -0.15) is 9.97 Å². The Kier molecular flexibility index (Phi) is 8.41. The van der Waals surface area contributed by atoms with Crippen LogP contribution in [-0.2, 0) is 30.1 Å². The van der Waals surface area contributed by atoms with Gasteiger partial charge in [-0.1, -0.05) is 30.3 Å². The van der Waals surface area contributed by atoms with E-state index in [4.69, 9.17) is 21.1 Å². The number of rotatable bonds is 10. The molecule has 3 aromatic rings. The number of fused-ring (bicyclic) bond motifs is 1. The van der Waals surface area contributed by atoms with E-state index in [0.29, 0.717) is 17.9 Å². The third kappa shape index (κ3) is 6.08. The zero-order valence-corrected chi connectivity index (χ0v) is 21.1. The normalized spacial score (nSPS) is 22.8. The second kappa shape index (κ2) is 11.4. The maximum absolute atomic E-state index is 11.9. The van der Waals surface area contributed by atoms with Gasteiger partial charge in [0.2, 0.25) is 5.28 Å². The van der Waals surface area contributed by atoms with E-state index in [2.05, 4.69) is 25.0 Å². The first-order chi connectivity index (χ1) is 17.6. The SMILES string of the molecule is CCOC(=O)[C@@H](OC[C@H]1O[C@@H](n2cnc3c(NCc4ccccc4)nc(Cl)nc32)[C@H](O)[C@@H]1O)P(=O)(O)O. The second-order valence-electron chi connectivity index (χ2n) is 8.08. The van der Waals surface area contributed by atoms with Gasteiger partial charge >= 0.3 is 13.6 Å². The van der Waals surface area contributed by atoms with Crippen molar-refractivity contribution in [2.75, 3.05) is 18.5 Å². The van der Waals surface area contributed by atoms with E-state index >= 15 is 0 Å². The van der Waals surface area contributed by atoms with Gasteiger partial charge in [-0.05, 0) is 24.1 Å². The van der Waals surface area contributed by atoms with Gasteiger partial charge < -0.3 is 39.5 Å². The zero-order valence-electron chi connectivity index (χ0n) is 19.4. The van der Waals surface area contributed by atoms with Gasteiger partial charge in [0.05, 0.1) is 19.5 Å². The highest BCUT2D eigenvalue weighted by Crippen LogP contribution is 2.43. The molecule has 4 rings (SSSR count). The van der Waals surface area contributed by atoms with Gasteiger partial charge in [-0.3, -0.25) is 9.13 Å². The highest BCUT2D eigenvalue weighted by molar-refractivity contribution is 7.53. The molecule has 0 aliphatic carbocycles. The van der Waals surface area contributed by atoms with Gasteiger partial charge in [-0.25, -0.2) is 9.78 Å². The number of carbonyl (C=O) groups excluding carboxylic acids is 1. The molecule has 5 N–H and O–H groups in total. The Morgan fingerprint density at radius 2 is 1.97 bits per heavy atom. The molecule has 0 amide bonds. The molecule has 37 heavy (non-hydrogen) atoms. The van der Waals surface area contributed by atoms with Crippen LogP contribution in [0.4, 0.5) is 5.82 Å². The van der Waals surface area contributed by atoms with Crippen LogP contribution >= 0.6 is 19.2 Å². The van der Waals surface area contributed by atoms with Gasteiger partial charge in [0.1, 0.15) is 18.3 Å². The average molecular weight is 558 g/mol. The maximum Gasteiger partial charge on any atom is 0.365 e.